The average molecular weight is 247 g/mol. The van der Waals surface area contributed by atoms with Gasteiger partial charge in [-0.1, -0.05) is 30.3 Å². The van der Waals surface area contributed by atoms with Gasteiger partial charge >= 0.3 is 5.97 Å². The molecule has 1 unspecified atom stereocenters. The predicted molar refractivity (Wildman–Crippen MR) is 71.2 cm³/mol. The molecule has 1 atom stereocenters. The molecule has 0 bridgehead atoms. The Balaban J connectivity index is 2.31. The van der Waals surface area contributed by atoms with Gasteiger partial charge in [0.2, 0.25) is 0 Å². The van der Waals surface area contributed by atoms with Crippen molar-refractivity contribution in [3.63, 3.8) is 0 Å². The van der Waals surface area contributed by atoms with Crippen LogP contribution in [-0.4, -0.2) is 31.0 Å². The summed E-state index contributed by atoms with van der Waals surface area (Å²) in [5.74, 6) is -0.191. The number of hydrogen-bond donors (Lipinski definition) is 0. The number of esters is 1. The highest BCUT2D eigenvalue weighted by Gasteiger charge is 2.36. The van der Waals surface area contributed by atoms with Gasteiger partial charge in [-0.05, 0) is 32.0 Å². The molecule has 2 rings (SSSR count). The van der Waals surface area contributed by atoms with Crippen LogP contribution < -0.4 is 0 Å². The van der Waals surface area contributed by atoms with E-state index in [-0.39, 0.29) is 5.97 Å². The van der Waals surface area contributed by atoms with E-state index >= 15 is 0 Å². The topological polar surface area (TPSA) is 29.5 Å². The average Bonchev–Trinajstić information content (AvgIpc) is 2.53. The number of benzene rings is 1. The van der Waals surface area contributed by atoms with Gasteiger partial charge in [0.15, 0.2) is 0 Å². The molecule has 1 aromatic carbocycles. The molecule has 1 aliphatic heterocycles. The molecule has 0 aliphatic carbocycles. The second-order valence-electron chi connectivity index (χ2n) is 5.11. The number of hydrogen-bond acceptors (Lipinski definition) is 3. The molecule has 0 aromatic heterocycles. The molecule has 1 aliphatic rings. The Hall–Kier alpha value is -1.35. The first-order valence-corrected chi connectivity index (χ1v) is 6.56. The van der Waals surface area contributed by atoms with E-state index in [1.165, 1.54) is 6.92 Å². The van der Waals surface area contributed by atoms with E-state index in [4.69, 9.17) is 4.74 Å². The zero-order valence-electron chi connectivity index (χ0n) is 11.2. The van der Waals surface area contributed by atoms with Gasteiger partial charge in [0.1, 0.15) is 5.60 Å². The third-order valence-electron chi connectivity index (χ3n) is 3.66. The second kappa shape index (κ2) is 5.53. The van der Waals surface area contributed by atoms with E-state index in [0.717, 1.165) is 37.9 Å². The van der Waals surface area contributed by atoms with E-state index in [2.05, 4.69) is 24.1 Å². The van der Waals surface area contributed by atoms with Crippen LogP contribution in [0.15, 0.2) is 30.3 Å². The third-order valence-corrected chi connectivity index (χ3v) is 3.66. The first-order valence-electron chi connectivity index (χ1n) is 6.56. The van der Waals surface area contributed by atoms with E-state index in [9.17, 15) is 4.79 Å². The van der Waals surface area contributed by atoms with Gasteiger partial charge in [-0.25, -0.2) is 0 Å². The Bertz CT molecular complexity index is 404. The highest BCUT2D eigenvalue weighted by Crippen LogP contribution is 2.36. The number of carbonyl (C=O) groups excluding carboxylic acids is 1. The Labute approximate surface area is 109 Å². The summed E-state index contributed by atoms with van der Waals surface area (Å²) in [4.78, 5) is 13.7. The lowest BCUT2D eigenvalue weighted by Crippen LogP contribution is -2.33. The summed E-state index contributed by atoms with van der Waals surface area (Å²) in [6, 6.07) is 10.1. The lowest BCUT2D eigenvalue weighted by atomic mass is 9.86. The van der Waals surface area contributed by atoms with Gasteiger partial charge < -0.3 is 9.64 Å². The van der Waals surface area contributed by atoms with Gasteiger partial charge in [-0.15, -0.1) is 0 Å². The molecular formula is C15H21NO2. The predicted octanol–water partition coefficient (Wildman–Crippen LogP) is 2.56. The van der Waals surface area contributed by atoms with Crippen LogP contribution in [0.2, 0.25) is 0 Å². The summed E-state index contributed by atoms with van der Waals surface area (Å²) in [5.41, 5.74) is 0.688. The molecule has 0 saturated carbocycles. The van der Waals surface area contributed by atoms with Crippen LogP contribution in [0.1, 0.15) is 31.7 Å². The number of ether oxygens (including phenoxy) is 1. The first kappa shape index (κ1) is 13.1. The standard InChI is InChI=1S/C15H21NO2/c1-13(17)18-15(14-7-4-3-5-8-14)9-6-11-16(2)12-10-15/h3-5,7-8H,6,9-12H2,1-2H3. The van der Waals surface area contributed by atoms with Gasteiger partial charge in [0.05, 0.1) is 0 Å². The summed E-state index contributed by atoms with van der Waals surface area (Å²) >= 11 is 0. The summed E-state index contributed by atoms with van der Waals surface area (Å²) in [5, 5.41) is 0. The number of carbonyl (C=O) groups is 1. The smallest absolute Gasteiger partial charge is 0.303 e. The van der Waals surface area contributed by atoms with E-state index in [1.807, 2.05) is 18.2 Å². The Kier molecular flexibility index (Phi) is 4.02. The van der Waals surface area contributed by atoms with Crippen molar-refractivity contribution in [2.45, 2.75) is 31.8 Å². The van der Waals surface area contributed by atoms with E-state index < -0.39 is 5.60 Å². The molecule has 0 N–H and O–H groups in total. The van der Waals surface area contributed by atoms with Gasteiger partial charge in [-0.2, -0.15) is 0 Å². The molecule has 3 nitrogen and oxygen atoms in total. The Morgan fingerprint density at radius 3 is 2.61 bits per heavy atom. The highest BCUT2D eigenvalue weighted by atomic mass is 16.6. The lowest BCUT2D eigenvalue weighted by Gasteiger charge is -2.32. The van der Waals surface area contributed by atoms with E-state index in [0.29, 0.717) is 0 Å². The molecule has 1 saturated heterocycles. The summed E-state index contributed by atoms with van der Waals surface area (Å²) < 4.78 is 5.73. The minimum Gasteiger partial charge on any atom is -0.454 e. The Morgan fingerprint density at radius 1 is 1.22 bits per heavy atom. The van der Waals surface area contributed by atoms with Crippen molar-refractivity contribution < 1.29 is 9.53 Å². The van der Waals surface area contributed by atoms with Crippen LogP contribution >= 0.6 is 0 Å². The minimum absolute atomic E-state index is 0.191. The molecule has 0 amide bonds. The van der Waals surface area contributed by atoms with Crippen LogP contribution in [0.4, 0.5) is 0 Å². The molecule has 3 heteroatoms. The van der Waals surface area contributed by atoms with Crippen molar-refractivity contribution in [3.05, 3.63) is 35.9 Å². The van der Waals surface area contributed by atoms with Gasteiger partial charge in [-0.3, -0.25) is 4.79 Å². The third kappa shape index (κ3) is 2.91. The fourth-order valence-corrected chi connectivity index (χ4v) is 2.71. The van der Waals surface area contributed by atoms with E-state index in [1.54, 1.807) is 0 Å². The van der Waals surface area contributed by atoms with Crippen LogP contribution in [0.25, 0.3) is 0 Å². The van der Waals surface area contributed by atoms with Crippen LogP contribution in [0, 0.1) is 0 Å². The maximum Gasteiger partial charge on any atom is 0.303 e. The number of likely N-dealkylation sites (tertiary alicyclic amines) is 1. The fraction of sp³-hybridized carbons (Fsp3) is 0.533. The number of nitrogens with zero attached hydrogens (tertiary/aromatic N) is 1. The molecule has 1 aromatic rings. The largest absolute Gasteiger partial charge is 0.454 e. The molecular weight excluding hydrogens is 226 g/mol. The summed E-state index contributed by atoms with van der Waals surface area (Å²) in [7, 11) is 2.12. The van der Waals surface area contributed by atoms with Crippen molar-refractivity contribution in [2.75, 3.05) is 20.1 Å². The molecule has 0 spiro atoms. The number of rotatable bonds is 2. The van der Waals surface area contributed by atoms with Gasteiger partial charge in [0, 0.05) is 19.9 Å². The first-order chi connectivity index (χ1) is 8.62. The molecule has 1 fully saturated rings. The maximum atomic E-state index is 11.4. The quantitative estimate of drug-likeness (QED) is 0.752. The summed E-state index contributed by atoms with van der Waals surface area (Å²) in [6.45, 7) is 3.53. The SMILES string of the molecule is CC(=O)OC1(c2ccccc2)CCCN(C)CC1. The lowest BCUT2D eigenvalue weighted by molar-refractivity contribution is -0.159. The van der Waals surface area contributed by atoms with Crippen molar-refractivity contribution in [1.29, 1.82) is 0 Å². The van der Waals surface area contributed by atoms with Crippen LogP contribution in [0.3, 0.4) is 0 Å². The molecule has 1 heterocycles. The van der Waals surface area contributed by atoms with Crippen molar-refractivity contribution in [3.8, 4) is 0 Å². The van der Waals surface area contributed by atoms with Crippen LogP contribution in [0.5, 0.6) is 0 Å². The fourth-order valence-electron chi connectivity index (χ4n) is 2.71. The molecule has 98 valence electrons. The van der Waals surface area contributed by atoms with Crippen molar-refractivity contribution in [1.82, 2.24) is 4.90 Å². The summed E-state index contributed by atoms with van der Waals surface area (Å²) in [6.07, 6.45) is 2.83. The maximum absolute atomic E-state index is 11.4. The molecule has 0 radical (unpaired) electrons. The highest BCUT2D eigenvalue weighted by molar-refractivity contribution is 5.66. The van der Waals surface area contributed by atoms with Crippen molar-refractivity contribution >= 4 is 5.97 Å². The zero-order chi connectivity index (χ0) is 13.0. The Morgan fingerprint density at radius 2 is 1.94 bits per heavy atom. The van der Waals surface area contributed by atoms with Crippen LogP contribution in [-0.2, 0) is 15.1 Å². The van der Waals surface area contributed by atoms with Gasteiger partial charge in [0.25, 0.3) is 0 Å². The zero-order valence-corrected chi connectivity index (χ0v) is 11.2. The minimum atomic E-state index is -0.433. The normalized spacial score (nSPS) is 25.4. The monoisotopic (exact) mass is 247 g/mol. The van der Waals surface area contributed by atoms with Crippen molar-refractivity contribution in [2.24, 2.45) is 0 Å². The molecule has 18 heavy (non-hydrogen) atoms. The second-order valence-corrected chi connectivity index (χ2v) is 5.11.